The van der Waals surface area contributed by atoms with Gasteiger partial charge in [0, 0.05) is 24.5 Å². The number of nitrogens with zero attached hydrogens (tertiary/aromatic N) is 2. The molecule has 0 aliphatic heterocycles. The molecule has 0 atom stereocenters. The maximum Gasteiger partial charge on any atom is 0.0720 e. The molecule has 2 N–H and O–H groups in total. The first-order valence-electron chi connectivity index (χ1n) is 4.47. The molecular weight excluding hydrogens is 174 g/mol. The van der Waals surface area contributed by atoms with Crippen LogP contribution in [0, 0.1) is 0 Å². The first kappa shape index (κ1) is 8.84. The average molecular weight is 185 g/mol. The van der Waals surface area contributed by atoms with Gasteiger partial charge in [-0.1, -0.05) is 6.07 Å². The molecule has 0 spiro atoms. The van der Waals surface area contributed by atoms with E-state index in [2.05, 4.69) is 9.97 Å². The zero-order valence-electron chi connectivity index (χ0n) is 7.72. The van der Waals surface area contributed by atoms with Crippen LogP contribution in [0.4, 0.5) is 0 Å². The Morgan fingerprint density at radius 3 is 2.57 bits per heavy atom. The number of hydrogen-bond donors (Lipinski definition) is 1. The van der Waals surface area contributed by atoms with Gasteiger partial charge < -0.3 is 5.73 Å². The van der Waals surface area contributed by atoms with E-state index in [0.29, 0.717) is 6.54 Å². The van der Waals surface area contributed by atoms with Crippen molar-refractivity contribution in [3.8, 4) is 11.3 Å². The van der Waals surface area contributed by atoms with Crippen molar-refractivity contribution >= 4 is 0 Å². The molecule has 0 fully saturated rings. The van der Waals surface area contributed by atoms with Gasteiger partial charge in [0.2, 0.25) is 0 Å². The summed E-state index contributed by atoms with van der Waals surface area (Å²) < 4.78 is 0. The Kier molecular flexibility index (Phi) is 2.51. The summed E-state index contributed by atoms with van der Waals surface area (Å²) in [5.41, 5.74) is 8.41. The van der Waals surface area contributed by atoms with E-state index in [1.54, 1.807) is 12.4 Å². The molecular formula is C11H11N3. The molecule has 70 valence electrons. The van der Waals surface area contributed by atoms with Crippen molar-refractivity contribution in [1.29, 1.82) is 0 Å². The molecule has 0 amide bonds. The van der Waals surface area contributed by atoms with Crippen molar-refractivity contribution in [1.82, 2.24) is 9.97 Å². The third-order valence-corrected chi connectivity index (χ3v) is 2.02. The van der Waals surface area contributed by atoms with E-state index in [-0.39, 0.29) is 0 Å². The van der Waals surface area contributed by atoms with Crippen LogP contribution >= 0.6 is 0 Å². The Balaban J connectivity index is 2.51. The predicted molar refractivity (Wildman–Crippen MR) is 55.4 cm³/mol. The molecule has 2 heterocycles. The molecule has 0 saturated carbocycles. The molecule has 0 aliphatic rings. The summed E-state index contributed by atoms with van der Waals surface area (Å²) in [7, 11) is 0. The highest BCUT2D eigenvalue weighted by Gasteiger charge is 2.03. The summed E-state index contributed by atoms with van der Waals surface area (Å²) in [5, 5.41) is 0. The largest absolute Gasteiger partial charge is 0.325 e. The molecule has 0 radical (unpaired) electrons. The van der Waals surface area contributed by atoms with Gasteiger partial charge in [-0.15, -0.1) is 0 Å². The maximum absolute atomic E-state index is 5.60. The van der Waals surface area contributed by atoms with Crippen molar-refractivity contribution < 1.29 is 0 Å². The van der Waals surface area contributed by atoms with Gasteiger partial charge in [-0.05, 0) is 24.3 Å². The lowest BCUT2D eigenvalue weighted by atomic mass is 10.1. The summed E-state index contributed by atoms with van der Waals surface area (Å²) in [5.74, 6) is 0. The summed E-state index contributed by atoms with van der Waals surface area (Å²) in [6, 6.07) is 9.68. The van der Waals surface area contributed by atoms with Crippen LogP contribution in [-0.4, -0.2) is 9.97 Å². The van der Waals surface area contributed by atoms with Crippen LogP contribution < -0.4 is 5.73 Å². The first-order chi connectivity index (χ1) is 6.92. The van der Waals surface area contributed by atoms with Crippen LogP contribution in [0.3, 0.4) is 0 Å². The Labute approximate surface area is 82.6 Å². The summed E-state index contributed by atoms with van der Waals surface area (Å²) in [6.45, 7) is 0.437. The normalized spacial score (nSPS) is 10.1. The topological polar surface area (TPSA) is 51.8 Å². The van der Waals surface area contributed by atoms with Gasteiger partial charge in [-0.2, -0.15) is 0 Å². The molecule has 2 rings (SSSR count). The van der Waals surface area contributed by atoms with Crippen LogP contribution in [0.15, 0.2) is 42.7 Å². The highest BCUT2D eigenvalue weighted by molar-refractivity contribution is 5.61. The fourth-order valence-electron chi connectivity index (χ4n) is 1.36. The Hall–Kier alpha value is -1.74. The molecule has 2 aromatic heterocycles. The van der Waals surface area contributed by atoms with Crippen LogP contribution in [0.25, 0.3) is 11.3 Å². The van der Waals surface area contributed by atoms with E-state index >= 15 is 0 Å². The lowest BCUT2D eigenvalue weighted by Gasteiger charge is -2.04. The van der Waals surface area contributed by atoms with Gasteiger partial charge >= 0.3 is 0 Å². The number of hydrogen-bond acceptors (Lipinski definition) is 3. The predicted octanol–water partition coefficient (Wildman–Crippen LogP) is 1.60. The van der Waals surface area contributed by atoms with Crippen LogP contribution in [-0.2, 0) is 6.54 Å². The van der Waals surface area contributed by atoms with Gasteiger partial charge in [0.05, 0.1) is 11.4 Å². The zero-order chi connectivity index (χ0) is 9.80. The Bertz CT molecular complexity index is 412. The number of aromatic nitrogens is 2. The summed E-state index contributed by atoms with van der Waals surface area (Å²) >= 11 is 0. The second-order valence-electron chi connectivity index (χ2n) is 2.92. The molecule has 3 nitrogen and oxygen atoms in total. The molecule has 0 bridgehead atoms. The van der Waals surface area contributed by atoms with E-state index in [0.717, 1.165) is 17.0 Å². The molecule has 0 saturated heterocycles. The van der Waals surface area contributed by atoms with E-state index in [4.69, 9.17) is 5.73 Å². The minimum Gasteiger partial charge on any atom is -0.325 e. The van der Waals surface area contributed by atoms with Crippen molar-refractivity contribution in [2.24, 2.45) is 5.73 Å². The third-order valence-electron chi connectivity index (χ3n) is 2.02. The highest BCUT2D eigenvalue weighted by atomic mass is 14.7. The van der Waals surface area contributed by atoms with Gasteiger partial charge in [0.15, 0.2) is 0 Å². The Morgan fingerprint density at radius 1 is 1.00 bits per heavy atom. The van der Waals surface area contributed by atoms with E-state index in [1.807, 2.05) is 30.3 Å². The lowest BCUT2D eigenvalue weighted by Crippen LogP contribution is -2.02. The summed E-state index contributed by atoms with van der Waals surface area (Å²) in [6.07, 6.45) is 3.51. The maximum atomic E-state index is 5.60. The first-order valence-corrected chi connectivity index (χ1v) is 4.47. The second kappa shape index (κ2) is 3.98. The molecule has 14 heavy (non-hydrogen) atoms. The molecule has 3 heteroatoms. The lowest BCUT2D eigenvalue weighted by molar-refractivity contribution is 0.991. The van der Waals surface area contributed by atoms with Gasteiger partial charge in [0.1, 0.15) is 0 Å². The molecule has 0 aromatic carbocycles. The monoisotopic (exact) mass is 185 g/mol. The fourth-order valence-corrected chi connectivity index (χ4v) is 1.36. The minimum absolute atomic E-state index is 0.437. The quantitative estimate of drug-likeness (QED) is 0.773. The van der Waals surface area contributed by atoms with Crippen LogP contribution in [0.1, 0.15) is 5.69 Å². The van der Waals surface area contributed by atoms with Crippen molar-refractivity contribution in [2.75, 3.05) is 0 Å². The summed E-state index contributed by atoms with van der Waals surface area (Å²) in [4.78, 5) is 8.47. The number of pyridine rings is 2. The van der Waals surface area contributed by atoms with Crippen LogP contribution in [0.2, 0.25) is 0 Å². The van der Waals surface area contributed by atoms with E-state index in [1.165, 1.54) is 0 Å². The molecule has 2 aromatic rings. The van der Waals surface area contributed by atoms with Crippen molar-refractivity contribution in [2.45, 2.75) is 6.54 Å². The standard InChI is InChI=1S/C11H11N3/c12-8-11-9(4-3-7-14-11)10-5-1-2-6-13-10/h1-7H,8,12H2. The highest BCUT2D eigenvalue weighted by Crippen LogP contribution is 2.18. The second-order valence-corrected chi connectivity index (χ2v) is 2.92. The van der Waals surface area contributed by atoms with Gasteiger partial charge in [-0.25, -0.2) is 0 Å². The fraction of sp³-hybridized carbons (Fsp3) is 0.0909. The Morgan fingerprint density at radius 2 is 1.86 bits per heavy atom. The van der Waals surface area contributed by atoms with Crippen molar-refractivity contribution in [3.63, 3.8) is 0 Å². The minimum atomic E-state index is 0.437. The average Bonchev–Trinajstić information content (AvgIpc) is 2.30. The SMILES string of the molecule is NCc1ncccc1-c1ccccn1. The smallest absolute Gasteiger partial charge is 0.0720 e. The van der Waals surface area contributed by atoms with E-state index < -0.39 is 0 Å². The van der Waals surface area contributed by atoms with Crippen LogP contribution in [0.5, 0.6) is 0 Å². The number of nitrogens with two attached hydrogens (primary N) is 1. The van der Waals surface area contributed by atoms with E-state index in [9.17, 15) is 0 Å². The van der Waals surface area contributed by atoms with Gasteiger partial charge in [-0.3, -0.25) is 9.97 Å². The third kappa shape index (κ3) is 1.63. The molecule has 0 unspecified atom stereocenters. The van der Waals surface area contributed by atoms with Crippen molar-refractivity contribution in [3.05, 3.63) is 48.4 Å². The van der Waals surface area contributed by atoms with Gasteiger partial charge in [0.25, 0.3) is 0 Å². The molecule has 0 aliphatic carbocycles. The zero-order valence-corrected chi connectivity index (χ0v) is 7.72. The number of rotatable bonds is 2.